The van der Waals surface area contributed by atoms with Crippen LogP contribution in [0.15, 0.2) is 0 Å². The number of aliphatic hydroxyl groups is 1. The first-order chi connectivity index (χ1) is 7.78. The number of likely N-dealkylation sites (N-methyl/N-ethyl adjacent to an activating group) is 1. The Morgan fingerprint density at radius 3 is 2.94 bits per heavy atom. The topological polar surface area (TPSA) is 35.9 Å². The Kier molecular flexibility index (Phi) is 4.58. The van der Waals surface area contributed by atoms with Crippen molar-refractivity contribution in [2.45, 2.75) is 18.9 Å². The number of hydrogen-bond acceptors (Lipinski definition) is 4. The fourth-order valence-electron chi connectivity index (χ4n) is 2.76. The van der Waals surface area contributed by atoms with E-state index in [4.69, 9.17) is 9.84 Å². The molecule has 2 unspecified atom stereocenters. The number of nitrogens with zero attached hydrogens (tertiary/aromatic N) is 2. The zero-order valence-electron chi connectivity index (χ0n) is 10.3. The van der Waals surface area contributed by atoms with Crippen LogP contribution < -0.4 is 0 Å². The minimum absolute atomic E-state index is 0.334. The van der Waals surface area contributed by atoms with Crippen LogP contribution >= 0.6 is 0 Å². The van der Waals surface area contributed by atoms with Crippen LogP contribution in [0.5, 0.6) is 0 Å². The van der Waals surface area contributed by atoms with Crippen LogP contribution in [0.3, 0.4) is 0 Å². The molecule has 2 saturated heterocycles. The van der Waals surface area contributed by atoms with Gasteiger partial charge in [-0.3, -0.25) is 0 Å². The van der Waals surface area contributed by atoms with Gasteiger partial charge < -0.3 is 19.6 Å². The molecule has 4 nitrogen and oxygen atoms in total. The molecule has 0 aromatic rings. The van der Waals surface area contributed by atoms with Crippen LogP contribution in [-0.4, -0.2) is 74.0 Å². The molecular weight excluding hydrogens is 204 g/mol. The zero-order valence-corrected chi connectivity index (χ0v) is 10.3. The summed E-state index contributed by atoms with van der Waals surface area (Å²) in [6, 6.07) is 0. The van der Waals surface area contributed by atoms with Gasteiger partial charge in [-0.25, -0.2) is 0 Å². The first-order valence-corrected chi connectivity index (χ1v) is 6.41. The molecule has 0 radical (unpaired) electrons. The predicted molar refractivity (Wildman–Crippen MR) is 63.5 cm³/mol. The number of likely N-dealkylation sites (tertiary alicyclic amines) is 1. The van der Waals surface area contributed by atoms with Crippen LogP contribution in [-0.2, 0) is 4.74 Å². The van der Waals surface area contributed by atoms with Gasteiger partial charge in [0, 0.05) is 32.8 Å². The first-order valence-electron chi connectivity index (χ1n) is 6.41. The van der Waals surface area contributed by atoms with Gasteiger partial charge in [0.1, 0.15) is 0 Å². The summed E-state index contributed by atoms with van der Waals surface area (Å²) in [5.41, 5.74) is 0. The van der Waals surface area contributed by atoms with E-state index in [1.807, 2.05) is 0 Å². The Balaban J connectivity index is 1.70. The van der Waals surface area contributed by atoms with Gasteiger partial charge in [0.25, 0.3) is 0 Å². The van der Waals surface area contributed by atoms with Gasteiger partial charge in [0.15, 0.2) is 0 Å². The van der Waals surface area contributed by atoms with Gasteiger partial charge in [-0.05, 0) is 32.4 Å². The van der Waals surface area contributed by atoms with Gasteiger partial charge in [-0.1, -0.05) is 0 Å². The highest BCUT2D eigenvalue weighted by Gasteiger charge is 2.26. The highest BCUT2D eigenvalue weighted by molar-refractivity contribution is 4.80. The fourth-order valence-corrected chi connectivity index (χ4v) is 2.76. The summed E-state index contributed by atoms with van der Waals surface area (Å²) in [5.74, 6) is 0.700. The maximum absolute atomic E-state index is 8.92. The van der Waals surface area contributed by atoms with E-state index in [0.717, 1.165) is 39.2 Å². The maximum atomic E-state index is 8.92. The maximum Gasteiger partial charge on any atom is 0.0829 e. The summed E-state index contributed by atoms with van der Waals surface area (Å²) >= 11 is 0. The van der Waals surface area contributed by atoms with E-state index in [0.29, 0.717) is 18.6 Å². The Morgan fingerprint density at radius 1 is 1.31 bits per heavy atom. The van der Waals surface area contributed by atoms with E-state index in [-0.39, 0.29) is 0 Å². The smallest absolute Gasteiger partial charge is 0.0829 e. The van der Waals surface area contributed by atoms with Gasteiger partial charge in [-0.2, -0.15) is 0 Å². The molecule has 0 bridgehead atoms. The quantitative estimate of drug-likeness (QED) is 0.736. The highest BCUT2D eigenvalue weighted by Crippen LogP contribution is 2.20. The van der Waals surface area contributed by atoms with Gasteiger partial charge in [-0.15, -0.1) is 0 Å². The zero-order chi connectivity index (χ0) is 11.4. The molecule has 1 N–H and O–H groups in total. The summed E-state index contributed by atoms with van der Waals surface area (Å²) < 4.78 is 5.77. The molecule has 94 valence electrons. The summed E-state index contributed by atoms with van der Waals surface area (Å²) in [7, 11) is 2.16. The third-order valence-corrected chi connectivity index (χ3v) is 3.71. The lowest BCUT2D eigenvalue weighted by molar-refractivity contribution is -0.0332. The summed E-state index contributed by atoms with van der Waals surface area (Å²) in [5, 5.41) is 8.92. The van der Waals surface area contributed by atoms with Crippen LogP contribution in [0.2, 0.25) is 0 Å². The van der Waals surface area contributed by atoms with Crippen LogP contribution in [0, 0.1) is 5.92 Å². The lowest BCUT2D eigenvalue weighted by atomic mass is 10.1. The molecule has 2 aliphatic heterocycles. The number of ether oxygens (including phenoxy) is 1. The van der Waals surface area contributed by atoms with E-state index in [1.165, 1.54) is 13.0 Å². The SMILES string of the molecule is CN1CCOC(CN2CCC(CCO)C2)C1. The second kappa shape index (κ2) is 5.96. The van der Waals surface area contributed by atoms with Crippen LogP contribution in [0.25, 0.3) is 0 Å². The van der Waals surface area contributed by atoms with E-state index in [1.54, 1.807) is 0 Å². The van der Waals surface area contributed by atoms with Crippen molar-refractivity contribution in [3.05, 3.63) is 0 Å². The van der Waals surface area contributed by atoms with Crippen molar-refractivity contribution < 1.29 is 9.84 Å². The molecule has 4 heteroatoms. The van der Waals surface area contributed by atoms with Crippen molar-refractivity contribution in [2.75, 3.05) is 53.0 Å². The average Bonchev–Trinajstić information content (AvgIpc) is 2.66. The number of hydrogen-bond donors (Lipinski definition) is 1. The molecule has 2 rings (SSSR count). The summed E-state index contributed by atoms with van der Waals surface area (Å²) in [6.07, 6.45) is 2.58. The minimum Gasteiger partial charge on any atom is -0.396 e. The van der Waals surface area contributed by atoms with Crippen molar-refractivity contribution in [3.63, 3.8) is 0 Å². The van der Waals surface area contributed by atoms with Crippen LogP contribution in [0.1, 0.15) is 12.8 Å². The Hall–Kier alpha value is -0.160. The second-order valence-corrected chi connectivity index (χ2v) is 5.18. The van der Waals surface area contributed by atoms with Gasteiger partial charge in [0.05, 0.1) is 12.7 Å². The number of aliphatic hydroxyl groups excluding tert-OH is 1. The van der Waals surface area contributed by atoms with Crippen molar-refractivity contribution in [1.82, 2.24) is 9.80 Å². The minimum atomic E-state index is 0.334. The molecule has 2 fully saturated rings. The molecule has 0 spiro atoms. The largest absolute Gasteiger partial charge is 0.396 e. The molecule has 2 aliphatic rings. The van der Waals surface area contributed by atoms with Crippen molar-refractivity contribution in [3.8, 4) is 0 Å². The average molecular weight is 228 g/mol. The second-order valence-electron chi connectivity index (χ2n) is 5.18. The lowest BCUT2D eigenvalue weighted by Crippen LogP contribution is -2.45. The number of rotatable bonds is 4. The Bertz CT molecular complexity index is 213. The summed E-state index contributed by atoms with van der Waals surface area (Å²) in [4.78, 5) is 4.83. The van der Waals surface area contributed by atoms with E-state index in [9.17, 15) is 0 Å². The molecule has 0 aromatic carbocycles. The van der Waals surface area contributed by atoms with Gasteiger partial charge in [0.2, 0.25) is 0 Å². The predicted octanol–water partition coefficient (Wildman–Crippen LogP) is 0.0213. The molecule has 2 heterocycles. The molecule has 0 aromatic heterocycles. The van der Waals surface area contributed by atoms with Crippen molar-refractivity contribution >= 4 is 0 Å². The van der Waals surface area contributed by atoms with Crippen molar-refractivity contribution in [1.29, 1.82) is 0 Å². The molecule has 0 saturated carbocycles. The molecule has 0 aliphatic carbocycles. The fraction of sp³-hybridized carbons (Fsp3) is 1.00. The Labute approximate surface area is 98.2 Å². The lowest BCUT2D eigenvalue weighted by Gasteiger charge is -2.32. The third kappa shape index (κ3) is 3.42. The molecule has 16 heavy (non-hydrogen) atoms. The van der Waals surface area contributed by atoms with Crippen molar-refractivity contribution in [2.24, 2.45) is 5.92 Å². The standard InChI is InChI=1S/C12H24N2O2/c1-13-5-7-16-12(9-13)10-14-4-2-11(8-14)3-6-15/h11-12,15H,2-10H2,1H3. The Morgan fingerprint density at radius 2 is 2.19 bits per heavy atom. The highest BCUT2D eigenvalue weighted by atomic mass is 16.5. The third-order valence-electron chi connectivity index (χ3n) is 3.71. The number of morpholine rings is 1. The van der Waals surface area contributed by atoms with E-state index >= 15 is 0 Å². The normalized spacial score (nSPS) is 33.4. The first kappa shape index (κ1) is 12.3. The summed E-state index contributed by atoms with van der Waals surface area (Å²) in [6.45, 7) is 6.70. The van der Waals surface area contributed by atoms with Crippen LogP contribution in [0.4, 0.5) is 0 Å². The molecular formula is C12H24N2O2. The molecule has 2 atom stereocenters. The van der Waals surface area contributed by atoms with Gasteiger partial charge >= 0.3 is 0 Å². The van der Waals surface area contributed by atoms with E-state index in [2.05, 4.69) is 16.8 Å². The monoisotopic (exact) mass is 228 g/mol. The molecule has 0 amide bonds. The van der Waals surface area contributed by atoms with E-state index < -0.39 is 0 Å².